The molecule has 4 aliphatic rings. The number of Topliss-reactive ketones (excluding diaryl/α,β-unsaturated/α-hetero) is 1. The summed E-state index contributed by atoms with van der Waals surface area (Å²) in [7, 11) is 1.32. The number of unbranched alkanes of at least 4 members (excludes halogenated alkanes) is 2. The number of carbonyl (C=O) groups is 1. The van der Waals surface area contributed by atoms with E-state index in [0.717, 1.165) is 44.1 Å². The topological polar surface area (TPSA) is 60.8 Å². The van der Waals surface area contributed by atoms with Gasteiger partial charge in [0.05, 0.1) is 5.60 Å². The van der Waals surface area contributed by atoms with Gasteiger partial charge in [-0.1, -0.05) is 25.8 Å². The quantitative estimate of drug-likeness (QED) is 0.184. The van der Waals surface area contributed by atoms with E-state index >= 15 is 0 Å². The molecule has 3 unspecified atom stereocenters. The summed E-state index contributed by atoms with van der Waals surface area (Å²) in [4.78, 5) is 13.6. The smallest absolute Gasteiger partial charge is 0.460 e. The minimum absolute atomic E-state index is 0.0573. The third-order valence-electron chi connectivity index (χ3n) is 12.0. The van der Waals surface area contributed by atoms with Crippen molar-refractivity contribution in [2.45, 2.75) is 113 Å². The number of alkyl halides is 9. The number of phenols is 1. The van der Waals surface area contributed by atoms with Crippen LogP contribution in [-0.4, -0.2) is 70.6 Å². The van der Waals surface area contributed by atoms with Crippen LogP contribution >= 0.6 is 0 Å². The van der Waals surface area contributed by atoms with Crippen LogP contribution in [0.1, 0.15) is 88.2 Å². The minimum Gasteiger partial charge on any atom is -0.508 e. The molecule has 4 nitrogen and oxygen atoms in total. The van der Waals surface area contributed by atoms with Crippen molar-refractivity contribution in [3.8, 4) is 5.75 Å². The zero-order chi connectivity index (χ0) is 34.1. The lowest BCUT2D eigenvalue weighted by Gasteiger charge is -2.56. The fourth-order valence-electron chi connectivity index (χ4n) is 9.62. The maximum atomic E-state index is 13.9. The average molecular weight is 672 g/mol. The van der Waals surface area contributed by atoms with E-state index in [2.05, 4.69) is 6.92 Å². The highest BCUT2D eigenvalue weighted by atomic mass is 19.4. The Morgan fingerprint density at radius 3 is 2.35 bits per heavy atom. The second-order valence-corrected chi connectivity index (χ2v) is 14.6. The number of fused-ring (bicyclic) bond motifs is 7. The van der Waals surface area contributed by atoms with Gasteiger partial charge >= 0.3 is 23.9 Å². The van der Waals surface area contributed by atoms with E-state index < -0.39 is 47.9 Å². The number of carbonyl (C=O) groups excluding carboxylic acids is 1. The summed E-state index contributed by atoms with van der Waals surface area (Å²) in [5.74, 6) is -17.9. The predicted octanol–water partition coefficient (Wildman–Crippen LogP) is 8.15. The first kappa shape index (κ1) is 35.3. The number of ketones is 1. The van der Waals surface area contributed by atoms with Crippen molar-refractivity contribution < 1.29 is 54.5 Å². The molecule has 0 heterocycles. The standard InChI is InChI=1S/C33H42F9NO3/c1-28-17-20(6-4-3-5-12-43(2)13-11-30(34,35)31(36,37)32(38,39)33(40,41)42)27-24-10-8-22(44)14-19(24)7-9-25(27)26(28)16-21-15-23(45)18-29(21,28)46/h8,10,14,20-21,25-27,44,46H,3-7,9,11-13,15-18H2,1-2H3/t20-,21+,25?,26?,27?,28-,29-/m0/s1. The van der Waals surface area contributed by atoms with Crippen LogP contribution in [0.4, 0.5) is 39.5 Å². The van der Waals surface area contributed by atoms with Crippen molar-refractivity contribution in [1.29, 1.82) is 0 Å². The van der Waals surface area contributed by atoms with E-state index in [-0.39, 0.29) is 48.2 Å². The molecule has 0 amide bonds. The van der Waals surface area contributed by atoms with Gasteiger partial charge in [-0.2, -0.15) is 39.5 Å². The van der Waals surface area contributed by atoms with Gasteiger partial charge in [-0.25, -0.2) is 0 Å². The maximum absolute atomic E-state index is 13.9. The van der Waals surface area contributed by atoms with Crippen LogP contribution in [0.15, 0.2) is 18.2 Å². The van der Waals surface area contributed by atoms with Gasteiger partial charge in [0.25, 0.3) is 0 Å². The molecule has 0 bridgehead atoms. The lowest BCUT2D eigenvalue weighted by molar-refractivity contribution is -0.396. The van der Waals surface area contributed by atoms with Crippen LogP contribution in [0, 0.1) is 29.1 Å². The summed E-state index contributed by atoms with van der Waals surface area (Å²) in [6.07, 6.45) is -2.26. The molecule has 46 heavy (non-hydrogen) atoms. The van der Waals surface area contributed by atoms with E-state index in [9.17, 15) is 54.5 Å². The Morgan fingerprint density at radius 2 is 1.67 bits per heavy atom. The van der Waals surface area contributed by atoms with Crippen molar-refractivity contribution in [3.63, 3.8) is 0 Å². The van der Waals surface area contributed by atoms with E-state index in [1.54, 1.807) is 6.07 Å². The van der Waals surface area contributed by atoms with Crippen molar-refractivity contribution in [1.82, 2.24) is 4.90 Å². The number of aliphatic hydroxyl groups is 1. The van der Waals surface area contributed by atoms with E-state index in [1.807, 2.05) is 12.1 Å². The zero-order valence-electron chi connectivity index (χ0n) is 26.0. The lowest BCUT2D eigenvalue weighted by atomic mass is 9.49. The van der Waals surface area contributed by atoms with E-state index in [1.165, 1.54) is 17.5 Å². The monoisotopic (exact) mass is 671 g/mol. The molecule has 2 N–H and O–H groups in total. The molecular formula is C33H42F9NO3. The van der Waals surface area contributed by atoms with E-state index in [4.69, 9.17) is 0 Å². The molecule has 13 heteroatoms. The molecule has 260 valence electrons. The summed E-state index contributed by atoms with van der Waals surface area (Å²) >= 11 is 0. The summed E-state index contributed by atoms with van der Waals surface area (Å²) in [5.41, 5.74) is 0.841. The Bertz CT molecular complexity index is 1300. The summed E-state index contributed by atoms with van der Waals surface area (Å²) in [6.45, 7) is 1.48. The maximum Gasteiger partial charge on any atom is 0.460 e. The van der Waals surface area contributed by atoms with Gasteiger partial charge in [0.15, 0.2) is 0 Å². The number of rotatable bonds is 11. The van der Waals surface area contributed by atoms with Crippen LogP contribution < -0.4 is 0 Å². The Hall–Kier alpha value is -2.02. The fourth-order valence-corrected chi connectivity index (χ4v) is 9.62. The van der Waals surface area contributed by atoms with Crippen molar-refractivity contribution in [3.05, 3.63) is 29.3 Å². The van der Waals surface area contributed by atoms with Crippen LogP contribution in [0.25, 0.3) is 0 Å². The summed E-state index contributed by atoms with van der Waals surface area (Å²) in [6, 6.07) is 5.50. The van der Waals surface area contributed by atoms with Gasteiger partial charge in [-0.05, 0) is 105 Å². The number of halogens is 9. The number of hydrogen-bond donors (Lipinski definition) is 2. The van der Waals surface area contributed by atoms with Crippen molar-refractivity contribution >= 4 is 5.78 Å². The number of nitrogens with zero attached hydrogens (tertiary/aromatic N) is 1. The van der Waals surface area contributed by atoms with Crippen LogP contribution in [-0.2, 0) is 11.2 Å². The highest BCUT2D eigenvalue weighted by Gasteiger charge is 2.81. The Morgan fingerprint density at radius 1 is 0.978 bits per heavy atom. The molecule has 0 spiro atoms. The molecule has 5 rings (SSSR count). The summed E-state index contributed by atoms with van der Waals surface area (Å²) < 4.78 is 119. The van der Waals surface area contributed by atoms with Crippen LogP contribution in [0.2, 0.25) is 0 Å². The first-order chi connectivity index (χ1) is 21.2. The van der Waals surface area contributed by atoms with Crippen LogP contribution in [0.3, 0.4) is 0 Å². The third kappa shape index (κ3) is 5.62. The molecule has 0 saturated heterocycles. The summed E-state index contributed by atoms with van der Waals surface area (Å²) in [5, 5.41) is 22.1. The largest absolute Gasteiger partial charge is 0.508 e. The number of hydrogen-bond acceptors (Lipinski definition) is 4. The second kappa shape index (κ2) is 11.8. The van der Waals surface area contributed by atoms with Crippen LogP contribution in [0.5, 0.6) is 5.75 Å². The van der Waals surface area contributed by atoms with Crippen molar-refractivity contribution in [2.24, 2.45) is 29.1 Å². The third-order valence-corrected chi connectivity index (χ3v) is 12.0. The highest BCUT2D eigenvalue weighted by Crippen LogP contribution is 2.70. The molecule has 3 fully saturated rings. The van der Waals surface area contributed by atoms with Gasteiger partial charge in [0.1, 0.15) is 11.5 Å². The molecule has 1 aromatic rings. The van der Waals surface area contributed by atoms with Gasteiger partial charge < -0.3 is 15.1 Å². The fraction of sp³-hybridized carbons (Fsp3) is 0.788. The molecule has 0 radical (unpaired) electrons. The molecular weight excluding hydrogens is 629 g/mol. The molecule has 0 aliphatic heterocycles. The second-order valence-electron chi connectivity index (χ2n) is 14.6. The average Bonchev–Trinajstić information content (AvgIpc) is 3.36. The Kier molecular flexibility index (Phi) is 9.08. The minimum atomic E-state index is -6.88. The van der Waals surface area contributed by atoms with Gasteiger partial charge in [0.2, 0.25) is 0 Å². The number of benzene rings is 1. The molecule has 7 atom stereocenters. The molecule has 4 aliphatic carbocycles. The van der Waals surface area contributed by atoms with Gasteiger partial charge in [-0.3, -0.25) is 4.79 Å². The zero-order valence-corrected chi connectivity index (χ0v) is 26.0. The first-order valence-electron chi connectivity index (χ1n) is 16.1. The van der Waals surface area contributed by atoms with Crippen molar-refractivity contribution in [2.75, 3.05) is 20.1 Å². The SMILES string of the molecule is CN(CCCCC[C@H]1C[C@@]2(C)C(C[C@H]3CC(=O)C[C@]32O)C2CCc3cc(O)ccc3C21)CCC(F)(F)C(F)(F)C(F)(F)C(F)(F)F. The Labute approximate surface area is 262 Å². The number of phenolic OH excluding ortho intramolecular Hbond substituents is 1. The van der Waals surface area contributed by atoms with Gasteiger partial charge in [0, 0.05) is 31.2 Å². The number of aryl methyl sites for hydroxylation is 1. The predicted molar refractivity (Wildman–Crippen MR) is 151 cm³/mol. The Balaban J connectivity index is 1.20. The molecule has 0 aromatic heterocycles. The van der Waals surface area contributed by atoms with Gasteiger partial charge in [-0.15, -0.1) is 0 Å². The molecule has 1 aromatic carbocycles. The lowest BCUT2D eigenvalue weighted by Crippen LogP contribution is -2.61. The number of aromatic hydroxyl groups is 1. The molecule has 3 saturated carbocycles. The van der Waals surface area contributed by atoms with E-state index in [0.29, 0.717) is 25.2 Å². The normalized spacial score (nSPS) is 33.2. The highest BCUT2D eigenvalue weighted by molar-refractivity contribution is 5.83. The first-order valence-corrected chi connectivity index (χ1v) is 16.1.